The predicted molar refractivity (Wildman–Crippen MR) is 140 cm³/mol. The lowest BCUT2D eigenvalue weighted by atomic mass is 10.0. The van der Waals surface area contributed by atoms with Gasteiger partial charge in [0.1, 0.15) is 6.33 Å². The first-order valence-electron chi connectivity index (χ1n) is 12.7. The second-order valence-electron chi connectivity index (χ2n) is 9.33. The van der Waals surface area contributed by atoms with E-state index in [9.17, 15) is 4.79 Å². The van der Waals surface area contributed by atoms with Gasteiger partial charge in [0.25, 0.3) is 5.91 Å². The minimum atomic E-state index is -0.227. The van der Waals surface area contributed by atoms with Gasteiger partial charge in [-0.25, -0.2) is 9.67 Å². The summed E-state index contributed by atoms with van der Waals surface area (Å²) < 4.78 is 3.72. The van der Waals surface area contributed by atoms with Gasteiger partial charge in [0.2, 0.25) is 5.82 Å². The highest BCUT2D eigenvalue weighted by atomic mass is 16.2. The van der Waals surface area contributed by atoms with Gasteiger partial charge in [-0.1, -0.05) is 62.4 Å². The third kappa shape index (κ3) is 5.54. The number of nitrogens with zero attached hydrogens (tertiary/aromatic N) is 6. The van der Waals surface area contributed by atoms with Crippen molar-refractivity contribution in [2.75, 3.05) is 19.6 Å². The number of hydrogen-bond acceptors (Lipinski definition) is 5. The van der Waals surface area contributed by atoms with Gasteiger partial charge in [-0.15, -0.1) is 5.10 Å². The molecule has 1 amide bonds. The molecule has 2 aromatic carbocycles. The summed E-state index contributed by atoms with van der Waals surface area (Å²) in [4.78, 5) is 19.4. The molecule has 0 fully saturated rings. The molecule has 2 heterocycles. The largest absolute Gasteiger partial charge is 0.346 e. The van der Waals surface area contributed by atoms with Gasteiger partial charge in [0.05, 0.1) is 19.3 Å². The van der Waals surface area contributed by atoms with E-state index >= 15 is 0 Å². The van der Waals surface area contributed by atoms with Crippen molar-refractivity contribution in [2.45, 2.75) is 45.8 Å². The van der Waals surface area contributed by atoms with Crippen molar-refractivity contribution in [2.24, 2.45) is 0 Å². The lowest BCUT2D eigenvalue weighted by Crippen LogP contribution is -2.36. The summed E-state index contributed by atoms with van der Waals surface area (Å²) in [6, 6.07) is 16.6. The third-order valence-corrected chi connectivity index (χ3v) is 6.91. The van der Waals surface area contributed by atoms with Gasteiger partial charge in [0, 0.05) is 24.3 Å². The van der Waals surface area contributed by atoms with Crippen LogP contribution in [0.1, 0.15) is 41.2 Å². The lowest BCUT2D eigenvalue weighted by Gasteiger charge is -2.17. The zero-order valence-electron chi connectivity index (χ0n) is 21.0. The number of likely N-dealkylation sites (N-methyl/N-ethyl adjacent to an activating group) is 1. The molecule has 4 aromatic rings. The topological polar surface area (TPSA) is 80.9 Å². The van der Waals surface area contributed by atoms with Crippen LogP contribution in [0.5, 0.6) is 0 Å². The zero-order valence-corrected chi connectivity index (χ0v) is 21.0. The highest BCUT2D eigenvalue weighted by molar-refractivity contribution is 5.90. The summed E-state index contributed by atoms with van der Waals surface area (Å²) in [6.45, 7) is 8.96. The SMILES string of the molecule is CCN(CC)CCn1cc(-c2ccc3c(c2)CC(NC(=O)c2ncn(Cc4ccccc4)n2)C3)cn1. The van der Waals surface area contributed by atoms with Crippen molar-refractivity contribution >= 4 is 5.91 Å². The number of aromatic nitrogens is 5. The molecule has 0 aliphatic heterocycles. The Morgan fingerprint density at radius 1 is 1.03 bits per heavy atom. The first kappa shape index (κ1) is 23.9. The highest BCUT2D eigenvalue weighted by Gasteiger charge is 2.25. The minimum absolute atomic E-state index is 0.0422. The summed E-state index contributed by atoms with van der Waals surface area (Å²) in [5.41, 5.74) is 5.96. The van der Waals surface area contributed by atoms with Crippen molar-refractivity contribution in [1.29, 1.82) is 0 Å². The van der Waals surface area contributed by atoms with E-state index in [-0.39, 0.29) is 17.8 Å². The van der Waals surface area contributed by atoms with E-state index in [1.165, 1.54) is 11.1 Å². The number of fused-ring (bicyclic) bond motifs is 1. The third-order valence-electron chi connectivity index (χ3n) is 6.91. The Morgan fingerprint density at radius 3 is 2.64 bits per heavy atom. The van der Waals surface area contributed by atoms with Crippen molar-refractivity contribution < 1.29 is 4.79 Å². The minimum Gasteiger partial charge on any atom is -0.346 e. The smallest absolute Gasteiger partial charge is 0.291 e. The lowest BCUT2D eigenvalue weighted by molar-refractivity contribution is 0.0928. The standard InChI is InChI=1S/C28H33N7O/c1-3-33(4-2)12-13-34-19-25(17-30-34)22-10-11-23-15-26(16-24(23)14-22)31-28(36)27-29-20-35(32-27)18-21-8-6-5-7-9-21/h5-11,14,17,19-20,26H,3-4,12-13,15-16,18H2,1-2H3,(H,31,36). The molecule has 1 unspecified atom stereocenters. The molecule has 0 bridgehead atoms. The molecule has 0 spiro atoms. The fourth-order valence-electron chi connectivity index (χ4n) is 4.81. The summed E-state index contributed by atoms with van der Waals surface area (Å²) >= 11 is 0. The van der Waals surface area contributed by atoms with Crippen LogP contribution in [0.2, 0.25) is 0 Å². The Morgan fingerprint density at radius 2 is 1.83 bits per heavy atom. The average Bonchev–Trinajstić information content (AvgIpc) is 3.64. The monoisotopic (exact) mass is 483 g/mol. The number of benzene rings is 2. The number of amides is 1. The molecular weight excluding hydrogens is 450 g/mol. The molecule has 1 atom stereocenters. The molecule has 1 aliphatic rings. The van der Waals surface area contributed by atoms with E-state index < -0.39 is 0 Å². The van der Waals surface area contributed by atoms with Crippen LogP contribution in [-0.4, -0.2) is 61.0 Å². The number of hydrogen-bond donors (Lipinski definition) is 1. The molecular formula is C28H33N7O. The number of nitrogens with one attached hydrogen (secondary N) is 1. The van der Waals surface area contributed by atoms with Gasteiger partial charge in [0.15, 0.2) is 0 Å². The van der Waals surface area contributed by atoms with Crippen LogP contribution < -0.4 is 5.32 Å². The van der Waals surface area contributed by atoms with Crippen LogP contribution in [0.4, 0.5) is 0 Å². The van der Waals surface area contributed by atoms with E-state index in [2.05, 4.69) is 63.6 Å². The van der Waals surface area contributed by atoms with Crippen LogP contribution in [0.25, 0.3) is 11.1 Å². The molecule has 5 rings (SSSR count). The fraction of sp³-hybridized carbons (Fsp3) is 0.357. The second kappa shape index (κ2) is 10.9. The van der Waals surface area contributed by atoms with Crippen LogP contribution in [0.15, 0.2) is 67.3 Å². The maximum Gasteiger partial charge on any atom is 0.291 e. The van der Waals surface area contributed by atoms with Crippen LogP contribution >= 0.6 is 0 Å². The van der Waals surface area contributed by atoms with Crippen LogP contribution in [-0.2, 0) is 25.9 Å². The van der Waals surface area contributed by atoms with E-state index in [1.807, 2.05) is 41.2 Å². The molecule has 0 saturated carbocycles. The Hall–Kier alpha value is -3.78. The molecule has 2 aromatic heterocycles. The molecule has 0 radical (unpaired) electrons. The first-order chi connectivity index (χ1) is 17.6. The first-order valence-corrected chi connectivity index (χ1v) is 12.7. The normalized spacial score (nSPS) is 14.8. The van der Waals surface area contributed by atoms with Gasteiger partial charge in [-0.05, 0) is 48.2 Å². The van der Waals surface area contributed by atoms with Gasteiger partial charge >= 0.3 is 0 Å². The van der Waals surface area contributed by atoms with Gasteiger partial charge in [-0.2, -0.15) is 5.10 Å². The predicted octanol–water partition coefficient (Wildman–Crippen LogP) is 3.43. The number of carbonyl (C=O) groups is 1. The Kier molecular flexibility index (Phi) is 7.23. The van der Waals surface area contributed by atoms with Crippen molar-refractivity contribution in [1.82, 2.24) is 34.8 Å². The summed E-state index contributed by atoms with van der Waals surface area (Å²) in [5, 5.41) is 12.1. The zero-order chi connectivity index (χ0) is 24.9. The van der Waals surface area contributed by atoms with E-state index in [4.69, 9.17) is 0 Å². The van der Waals surface area contributed by atoms with Crippen LogP contribution in [0.3, 0.4) is 0 Å². The summed E-state index contributed by atoms with van der Waals surface area (Å²) in [7, 11) is 0. The fourth-order valence-corrected chi connectivity index (χ4v) is 4.81. The molecule has 8 nitrogen and oxygen atoms in total. The van der Waals surface area contributed by atoms with Gasteiger partial charge in [-0.3, -0.25) is 9.48 Å². The Labute approximate surface area is 212 Å². The summed E-state index contributed by atoms with van der Waals surface area (Å²) in [5.74, 6) is -0.0194. The highest BCUT2D eigenvalue weighted by Crippen LogP contribution is 2.28. The van der Waals surface area contributed by atoms with E-state index in [0.29, 0.717) is 6.54 Å². The quantitative estimate of drug-likeness (QED) is 0.374. The average molecular weight is 484 g/mol. The Balaban J connectivity index is 1.18. The maximum absolute atomic E-state index is 12.8. The molecule has 0 saturated heterocycles. The molecule has 186 valence electrons. The summed E-state index contributed by atoms with van der Waals surface area (Å²) in [6.07, 6.45) is 7.29. The van der Waals surface area contributed by atoms with Crippen molar-refractivity contribution in [3.05, 3.63) is 89.8 Å². The van der Waals surface area contributed by atoms with Crippen molar-refractivity contribution in [3.63, 3.8) is 0 Å². The molecule has 8 heteroatoms. The maximum atomic E-state index is 12.8. The Bertz CT molecular complexity index is 1310. The van der Waals surface area contributed by atoms with Gasteiger partial charge < -0.3 is 10.2 Å². The van der Waals surface area contributed by atoms with Crippen molar-refractivity contribution in [3.8, 4) is 11.1 Å². The molecule has 1 N–H and O–H groups in total. The second-order valence-corrected chi connectivity index (χ2v) is 9.33. The number of carbonyl (C=O) groups excluding carboxylic acids is 1. The molecule has 1 aliphatic carbocycles. The van der Waals surface area contributed by atoms with E-state index in [1.54, 1.807) is 11.0 Å². The molecule has 36 heavy (non-hydrogen) atoms. The van der Waals surface area contributed by atoms with Crippen LogP contribution in [0, 0.1) is 0 Å². The van der Waals surface area contributed by atoms with E-state index in [0.717, 1.165) is 55.7 Å². The number of rotatable bonds is 10.